The Hall–Kier alpha value is -1.56. The van der Waals surface area contributed by atoms with Crippen LogP contribution >= 0.6 is 0 Å². The zero-order chi connectivity index (χ0) is 11.2. The molecule has 0 unspecified atom stereocenters. The van der Waals surface area contributed by atoms with Crippen molar-refractivity contribution < 1.29 is 0 Å². The molecule has 0 bridgehead atoms. The lowest BCUT2D eigenvalue weighted by atomic mass is 10.3. The van der Waals surface area contributed by atoms with Gasteiger partial charge in [0.15, 0.2) is 0 Å². The highest BCUT2D eigenvalue weighted by Gasteiger charge is 1.68. The molecule has 0 heterocycles. The van der Waals surface area contributed by atoms with Gasteiger partial charge in [-0.15, -0.1) is 0 Å². The summed E-state index contributed by atoms with van der Waals surface area (Å²) in [6, 6.07) is 0. The Bertz CT molecular complexity index is 272. The summed E-state index contributed by atoms with van der Waals surface area (Å²) in [4.78, 5) is 0. The van der Waals surface area contributed by atoms with E-state index in [1.54, 1.807) is 6.08 Å². The first-order valence-corrected chi connectivity index (χ1v) is 5.36. The quantitative estimate of drug-likeness (QED) is 0.520. The van der Waals surface area contributed by atoms with Gasteiger partial charge in [-0.05, 0) is 6.42 Å². The van der Waals surface area contributed by atoms with Gasteiger partial charge in [-0.1, -0.05) is 86.8 Å². The van der Waals surface area contributed by atoms with Crippen LogP contribution in [0.15, 0.2) is 73.4 Å². The summed E-state index contributed by atoms with van der Waals surface area (Å²) in [7, 11) is 0. The molecule has 0 aliphatic heterocycles. The fraction of sp³-hybridized carbons (Fsp3) is 0.200. The van der Waals surface area contributed by atoms with E-state index in [2.05, 4.69) is 25.7 Å². The van der Waals surface area contributed by atoms with Gasteiger partial charge in [-0.25, -0.2) is 0 Å². The highest BCUT2D eigenvalue weighted by Crippen LogP contribution is 1.89. The van der Waals surface area contributed by atoms with Crippen LogP contribution in [0.3, 0.4) is 0 Å². The van der Waals surface area contributed by atoms with Crippen LogP contribution in [0.25, 0.3) is 0 Å². The van der Waals surface area contributed by atoms with Gasteiger partial charge in [0.2, 0.25) is 0 Å². The topological polar surface area (TPSA) is 0 Å². The molecule has 0 aliphatic carbocycles. The molecule has 0 heteroatoms. The van der Waals surface area contributed by atoms with E-state index in [0.29, 0.717) is 0 Å². The molecule has 0 saturated carbocycles. The Morgan fingerprint density at radius 1 is 0.733 bits per heavy atom. The van der Waals surface area contributed by atoms with Crippen molar-refractivity contribution in [1.82, 2.24) is 0 Å². The first kappa shape index (κ1) is 13.4. The van der Waals surface area contributed by atoms with E-state index in [-0.39, 0.29) is 0 Å². The molecule has 0 saturated heterocycles. The lowest BCUT2D eigenvalue weighted by Crippen LogP contribution is -1.58. The summed E-state index contributed by atoms with van der Waals surface area (Å²) >= 11 is 0. The Balaban J connectivity index is 3.65. The monoisotopic (exact) mass is 200 g/mol. The molecule has 0 atom stereocenters. The summed E-state index contributed by atoms with van der Waals surface area (Å²) in [5.74, 6) is 0. The second-order valence-electron chi connectivity index (χ2n) is 2.99. The van der Waals surface area contributed by atoms with Gasteiger partial charge in [-0.2, -0.15) is 0 Å². The van der Waals surface area contributed by atoms with E-state index in [9.17, 15) is 0 Å². The average Bonchev–Trinajstić information content (AvgIpc) is 2.26. The van der Waals surface area contributed by atoms with Gasteiger partial charge in [0.05, 0.1) is 0 Å². The van der Waals surface area contributed by atoms with E-state index in [1.165, 1.54) is 6.42 Å². The maximum absolute atomic E-state index is 3.59. The maximum atomic E-state index is 3.59. The van der Waals surface area contributed by atoms with Crippen LogP contribution in [0, 0.1) is 0 Å². The third-order valence-corrected chi connectivity index (χ3v) is 1.62. The second-order valence-corrected chi connectivity index (χ2v) is 2.99. The zero-order valence-corrected chi connectivity index (χ0v) is 9.47. The van der Waals surface area contributed by atoms with Gasteiger partial charge >= 0.3 is 0 Å². The lowest BCUT2D eigenvalue weighted by molar-refractivity contribution is 0.959. The lowest BCUT2D eigenvalue weighted by Gasteiger charge is -1.79. The summed E-state index contributed by atoms with van der Waals surface area (Å²) in [6.07, 6.45) is 24.2. The van der Waals surface area contributed by atoms with Gasteiger partial charge in [-0.3, -0.25) is 0 Å². The van der Waals surface area contributed by atoms with Crippen LogP contribution < -0.4 is 0 Å². The Morgan fingerprint density at radius 2 is 1.20 bits per heavy atom. The molecule has 0 nitrogen and oxygen atoms in total. The van der Waals surface area contributed by atoms with Crippen molar-refractivity contribution in [2.45, 2.75) is 19.8 Å². The molecular formula is C15H20. The average molecular weight is 200 g/mol. The molecule has 0 radical (unpaired) electrons. The molecule has 15 heavy (non-hydrogen) atoms. The SMILES string of the molecule is C=C/C=C/C=C/C=C/C=C/C=C/CCC. The molecule has 0 rings (SSSR count). The standard InChI is InChI=1S/C15H20/c1-3-5-7-9-11-13-15-14-12-10-8-6-4-2/h3,5,7-15H,1,4,6H2,2H3/b7-5+,10-8+,11-9+,14-12+,15-13+. The fourth-order valence-electron chi connectivity index (χ4n) is 0.869. The molecule has 0 aromatic carbocycles. The van der Waals surface area contributed by atoms with Crippen molar-refractivity contribution in [2.75, 3.05) is 0 Å². The number of hydrogen-bond acceptors (Lipinski definition) is 0. The van der Waals surface area contributed by atoms with Gasteiger partial charge in [0.1, 0.15) is 0 Å². The third kappa shape index (κ3) is 12.4. The largest absolute Gasteiger partial charge is 0.0991 e. The third-order valence-electron chi connectivity index (χ3n) is 1.62. The Kier molecular flexibility index (Phi) is 11.1. The number of unbranched alkanes of at least 4 members (excludes halogenated alkanes) is 1. The molecule has 0 N–H and O–H groups in total. The van der Waals surface area contributed by atoms with Gasteiger partial charge < -0.3 is 0 Å². The molecule has 0 amide bonds. The van der Waals surface area contributed by atoms with E-state index < -0.39 is 0 Å². The second kappa shape index (κ2) is 12.4. The predicted octanol–water partition coefficient (Wildman–Crippen LogP) is 4.75. The minimum absolute atomic E-state index is 1.15. The van der Waals surface area contributed by atoms with Crippen molar-refractivity contribution >= 4 is 0 Å². The summed E-state index contributed by atoms with van der Waals surface area (Å²) < 4.78 is 0. The van der Waals surface area contributed by atoms with Crippen LogP contribution in [-0.2, 0) is 0 Å². The molecule has 0 fully saturated rings. The molecule has 80 valence electrons. The smallest absolute Gasteiger partial charge is 0.0350 e. The summed E-state index contributed by atoms with van der Waals surface area (Å²) in [6.45, 7) is 5.76. The minimum atomic E-state index is 1.15. The molecule has 0 aliphatic rings. The highest BCUT2D eigenvalue weighted by molar-refractivity contribution is 5.18. The molecule has 0 aromatic rings. The molecule has 0 spiro atoms. The maximum Gasteiger partial charge on any atom is -0.0350 e. The Morgan fingerprint density at radius 3 is 1.67 bits per heavy atom. The van der Waals surface area contributed by atoms with E-state index in [4.69, 9.17) is 0 Å². The van der Waals surface area contributed by atoms with Crippen LogP contribution in [0.2, 0.25) is 0 Å². The van der Waals surface area contributed by atoms with Crippen molar-refractivity contribution in [2.24, 2.45) is 0 Å². The van der Waals surface area contributed by atoms with Crippen molar-refractivity contribution in [3.8, 4) is 0 Å². The van der Waals surface area contributed by atoms with E-state index >= 15 is 0 Å². The minimum Gasteiger partial charge on any atom is -0.0991 e. The highest BCUT2D eigenvalue weighted by atomic mass is 13.8. The van der Waals surface area contributed by atoms with Crippen LogP contribution in [0.1, 0.15) is 19.8 Å². The summed E-state index contributed by atoms with van der Waals surface area (Å²) in [5, 5.41) is 0. The number of rotatable bonds is 7. The van der Waals surface area contributed by atoms with Crippen molar-refractivity contribution in [3.63, 3.8) is 0 Å². The van der Waals surface area contributed by atoms with Crippen molar-refractivity contribution in [3.05, 3.63) is 73.4 Å². The number of allylic oxidation sites excluding steroid dienone is 11. The van der Waals surface area contributed by atoms with Gasteiger partial charge in [0, 0.05) is 0 Å². The predicted molar refractivity (Wildman–Crippen MR) is 70.8 cm³/mol. The normalized spacial score (nSPS) is 13.1. The molecular weight excluding hydrogens is 180 g/mol. The fourth-order valence-corrected chi connectivity index (χ4v) is 0.869. The summed E-state index contributed by atoms with van der Waals surface area (Å²) in [5.41, 5.74) is 0. The van der Waals surface area contributed by atoms with Crippen LogP contribution in [0.5, 0.6) is 0 Å². The first-order valence-electron chi connectivity index (χ1n) is 5.36. The van der Waals surface area contributed by atoms with E-state index in [1.807, 2.05) is 48.6 Å². The first-order chi connectivity index (χ1) is 7.41. The van der Waals surface area contributed by atoms with Gasteiger partial charge in [0.25, 0.3) is 0 Å². The van der Waals surface area contributed by atoms with Crippen LogP contribution in [-0.4, -0.2) is 0 Å². The van der Waals surface area contributed by atoms with Crippen molar-refractivity contribution in [1.29, 1.82) is 0 Å². The zero-order valence-electron chi connectivity index (χ0n) is 9.47. The Labute approximate surface area is 93.7 Å². The van der Waals surface area contributed by atoms with E-state index in [0.717, 1.165) is 6.42 Å². The number of hydrogen-bond donors (Lipinski definition) is 0. The van der Waals surface area contributed by atoms with Crippen LogP contribution in [0.4, 0.5) is 0 Å². The molecule has 0 aromatic heterocycles.